The van der Waals surface area contributed by atoms with Crippen LogP contribution < -0.4 is 0 Å². The maximum Gasteiger partial charge on any atom is 0.315 e. The molecule has 1 aromatic heterocycles. The molecule has 0 saturated carbocycles. The number of aryl methyl sites for hydroxylation is 1. The van der Waals surface area contributed by atoms with Crippen molar-refractivity contribution in [1.82, 2.24) is 14.7 Å². The largest absolute Gasteiger partial charge is 0.468 e. The molecule has 0 unspecified atom stereocenters. The molecule has 2 aliphatic rings. The van der Waals surface area contributed by atoms with E-state index in [1.54, 1.807) is 6.20 Å². The number of methoxy groups -OCH3 is 1. The highest BCUT2D eigenvalue weighted by atomic mass is 16.5. The quantitative estimate of drug-likeness (QED) is 0.722. The van der Waals surface area contributed by atoms with E-state index in [9.17, 15) is 4.79 Å². The first kappa shape index (κ1) is 12.6. The second kappa shape index (κ2) is 4.61. The van der Waals surface area contributed by atoms with Gasteiger partial charge >= 0.3 is 5.97 Å². The molecule has 0 N–H and O–H groups in total. The average molecular weight is 265 g/mol. The van der Waals surface area contributed by atoms with Crippen molar-refractivity contribution in [3.05, 3.63) is 18.0 Å². The summed E-state index contributed by atoms with van der Waals surface area (Å²) >= 11 is 0. The molecule has 3 heterocycles. The molecule has 6 heteroatoms. The zero-order chi connectivity index (χ0) is 13.5. The normalized spacial score (nSPS) is 30.5. The summed E-state index contributed by atoms with van der Waals surface area (Å²) in [6, 6.07) is 2.01. The molecule has 19 heavy (non-hydrogen) atoms. The minimum absolute atomic E-state index is 0.137. The first-order chi connectivity index (χ1) is 9.15. The van der Waals surface area contributed by atoms with Crippen LogP contribution in [0.5, 0.6) is 0 Å². The lowest BCUT2D eigenvalue weighted by molar-refractivity contribution is -0.153. The maximum absolute atomic E-state index is 12.1. The van der Waals surface area contributed by atoms with Gasteiger partial charge in [0, 0.05) is 38.8 Å². The molecular formula is C13H19N3O3. The highest BCUT2D eigenvalue weighted by Gasteiger charge is 2.56. The zero-order valence-corrected chi connectivity index (χ0v) is 11.3. The fourth-order valence-electron chi connectivity index (χ4n) is 3.24. The highest BCUT2D eigenvalue weighted by Crippen LogP contribution is 2.42. The van der Waals surface area contributed by atoms with Crippen molar-refractivity contribution in [2.45, 2.75) is 6.54 Å². The van der Waals surface area contributed by atoms with Gasteiger partial charge in [0.2, 0.25) is 0 Å². The van der Waals surface area contributed by atoms with Crippen LogP contribution in [0.15, 0.2) is 12.3 Å². The van der Waals surface area contributed by atoms with Crippen LogP contribution in [0.25, 0.3) is 0 Å². The van der Waals surface area contributed by atoms with Gasteiger partial charge in [0.1, 0.15) is 5.41 Å². The standard InChI is InChI=1S/C13H19N3O3/c1-15-11(3-4-14-15)6-16-5-10-7-19-9-13(10,8-16)12(17)18-2/h3-4,10H,5-9H2,1-2H3/t10-,13-/m0/s1. The van der Waals surface area contributed by atoms with Crippen LogP contribution >= 0.6 is 0 Å². The lowest BCUT2D eigenvalue weighted by atomic mass is 9.81. The number of ether oxygens (including phenoxy) is 2. The van der Waals surface area contributed by atoms with Crippen LogP contribution in [0.2, 0.25) is 0 Å². The molecule has 6 nitrogen and oxygen atoms in total. The second-order valence-corrected chi connectivity index (χ2v) is 5.48. The Bertz CT molecular complexity index is 487. The molecule has 1 aromatic rings. The van der Waals surface area contributed by atoms with E-state index in [0.717, 1.165) is 18.8 Å². The molecule has 2 fully saturated rings. The zero-order valence-electron chi connectivity index (χ0n) is 11.3. The number of esters is 1. The summed E-state index contributed by atoms with van der Waals surface area (Å²) in [4.78, 5) is 14.4. The molecule has 2 aliphatic heterocycles. The Morgan fingerprint density at radius 3 is 3.21 bits per heavy atom. The third kappa shape index (κ3) is 1.95. The minimum atomic E-state index is -0.465. The Hall–Kier alpha value is -1.40. The summed E-state index contributed by atoms with van der Waals surface area (Å²) in [5.41, 5.74) is 0.689. The van der Waals surface area contributed by atoms with Crippen molar-refractivity contribution >= 4 is 5.97 Å². The van der Waals surface area contributed by atoms with Gasteiger partial charge in [-0.15, -0.1) is 0 Å². The second-order valence-electron chi connectivity index (χ2n) is 5.48. The van der Waals surface area contributed by atoms with Gasteiger partial charge in [0.15, 0.2) is 0 Å². The van der Waals surface area contributed by atoms with Crippen LogP contribution in [0.1, 0.15) is 5.69 Å². The van der Waals surface area contributed by atoms with Gasteiger partial charge in [-0.25, -0.2) is 0 Å². The van der Waals surface area contributed by atoms with E-state index in [1.165, 1.54) is 7.11 Å². The fraction of sp³-hybridized carbons (Fsp3) is 0.692. The number of fused-ring (bicyclic) bond motifs is 1. The third-order valence-corrected chi connectivity index (χ3v) is 4.34. The van der Waals surface area contributed by atoms with E-state index in [-0.39, 0.29) is 11.9 Å². The Morgan fingerprint density at radius 1 is 1.68 bits per heavy atom. The van der Waals surface area contributed by atoms with Crippen molar-refractivity contribution < 1.29 is 14.3 Å². The number of carbonyl (C=O) groups excluding carboxylic acids is 1. The lowest BCUT2D eigenvalue weighted by Crippen LogP contribution is -2.40. The van der Waals surface area contributed by atoms with Crippen LogP contribution in [-0.4, -0.2) is 54.1 Å². The Labute approximate surface area is 112 Å². The van der Waals surface area contributed by atoms with E-state index < -0.39 is 5.41 Å². The summed E-state index contributed by atoms with van der Waals surface area (Å²) in [6.45, 7) is 3.52. The van der Waals surface area contributed by atoms with Crippen LogP contribution in [-0.2, 0) is 27.9 Å². The SMILES string of the molecule is COC(=O)[C@@]12COC[C@@H]1CN(Cc1ccnn1C)C2. The predicted octanol–water partition coefficient (Wildman–Crippen LogP) is 0.0415. The van der Waals surface area contributed by atoms with Gasteiger partial charge in [-0.3, -0.25) is 14.4 Å². The van der Waals surface area contributed by atoms with Crippen molar-refractivity contribution in [2.24, 2.45) is 18.4 Å². The Balaban J connectivity index is 1.75. The topological polar surface area (TPSA) is 56.6 Å². The van der Waals surface area contributed by atoms with Gasteiger partial charge < -0.3 is 9.47 Å². The summed E-state index contributed by atoms with van der Waals surface area (Å²) in [7, 11) is 3.39. The molecule has 104 valence electrons. The third-order valence-electron chi connectivity index (χ3n) is 4.34. The van der Waals surface area contributed by atoms with E-state index in [0.29, 0.717) is 19.8 Å². The van der Waals surface area contributed by atoms with Crippen molar-refractivity contribution in [3.63, 3.8) is 0 Å². The molecule has 0 bridgehead atoms. The molecule has 0 amide bonds. The van der Waals surface area contributed by atoms with E-state index >= 15 is 0 Å². The monoisotopic (exact) mass is 265 g/mol. The predicted molar refractivity (Wildman–Crippen MR) is 67.2 cm³/mol. The summed E-state index contributed by atoms with van der Waals surface area (Å²) in [5.74, 6) is 0.107. The van der Waals surface area contributed by atoms with Crippen LogP contribution in [0.4, 0.5) is 0 Å². The van der Waals surface area contributed by atoms with E-state index in [2.05, 4.69) is 10.00 Å². The smallest absolute Gasteiger partial charge is 0.315 e. The van der Waals surface area contributed by atoms with Crippen molar-refractivity contribution in [1.29, 1.82) is 0 Å². The first-order valence-electron chi connectivity index (χ1n) is 6.51. The van der Waals surface area contributed by atoms with Gasteiger partial charge in [-0.1, -0.05) is 0 Å². The van der Waals surface area contributed by atoms with Crippen LogP contribution in [0.3, 0.4) is 0 Å². The molecule has 0 aromatic carbocycles. The first-order valence-corrected chi connectivity index (χ1v) is 6.51. The lowest BCUT2D eigenvalue weighted by Gasteiger charge is -2.23. The number of rotatable bonds is 3. The number of nitrogens with zero attached hydrogens (tertiary/aromatic N) is 3. The van der Waals surface area contributed by atoms with Crippen LogP contribution in [0, 0.1) is 11.3 Å². The summed E-state index contributed by atoms with van der Waals surface area (Å²) < 4.78 is 12.4. The highest BCUT2D eigenvalue weighted by molar-refractivity contribution is 5.78. The van der Waals surface area contributed by atoms with Crippen molar-refractivity contribution in [2.75, 3.05) is 33.4 Å². The summed E-state index contributed by atoms with van der Waals surface area (Å²) in [5, 5.41) is 4.17. The molecular weight excluding hydrogens is 246 g/mol. The molecule has 2 atom stereocenters. The molecule has 0 radical (unpaired) electrons. The molecule has 0 aliphatic carbocycles. The summed E-state index contributed by atoms with van der Waals surface area (Å²) in [6.07, 6.45) is 1.80. The number of carbonyl (C=O) groups is 1. The maximum atomic E-state index is 12.1. The van der Waals surface area contributed by atoms with Gasteiger partial charge in [-0.2, -0.15) is 5.10 Å². The van der Waals surface area contributed by atoms with Crippen molar-refractivity contribution in [3.8, 4) is 0 Å². The number of likely N-dealkylation sites (tertiary alicyclic amines) is 1. The molecule has 3 rings (SSSR count). The number of hydrogen-bond donors (Lipinski definition) is 0. The fourth-order valence-corrected chi connectivity index (χ4v) is 3.24. The molecule has 0 spiro atoms. The molecule has 2 saturated heterocycles. The van der Waals surface area contributed by atoms with Gasteiger partial charge in [0.05, 0.1) is 26.0 Å². The van der Waals surface area contributed by atoms with E-state index in [4.69, 9.17) is 9.47 Å². The Morgan fingerprint density at radius 2 is 2.53 bits per heavy atom. The average Bonchev–Trinajstić information content (AvgIpc) is 3.04. The van der Waals surface area contributed by atoms with Gasteiger partial charge in [-0.05, 0) is 6.07 Å². The minimum Gasteiger partial charge on any atom is -0.468 e. The number of aromatic nitrogens is 2. The van der Waals surface area contributed by atoms with E-state index in [1.807, 2.05) is 17.8 Å². The van der Waals surface area contributed by atoms with Gasteiger partial charge in [0.25, 0.3) is 0 Å². The number of hydrogen-bond acceptors (Lipinski definition) is 5. The Kier molecular flexibility index (Phi) is 3.06.